The summed E-state index contributed by atoms with van der Waals surface area (Å²) in [5, 5.41) is 0. The predicted molar refractivity (Wildman–Crippen MR) is 63.7 cm³/mol. The number of carbonyl (C=O) groups excluding carboxylic acids is 1. The summed E-state index contributed by atoms with van der Waals surface area (Å²) in [7, 11) is 0. The summed E-state index contributed by atoms with van der Waals surface area (Å²) in [6.07, 6.45) is 5.53. The molecule has 1 aromatic rings. The van der Waals surface area contributed by atoms with Crippen LogP contribution in [0.5, 0.6) is 0 Å². The van der Waals surface area contributed by atoms with Gasteiger partial charge in [0.05, 0.1) is 24.4 Å². The van der Waals surface area contributed by atoms with E-state index in [1.165, 1.54) is 0 Å². The fraction of sp³-hybridized carbons (Fsp3) is 0.333. The Morgan fingerprint density at radius 1 is 1.62 bits per heavy atom. The molecule has 16 heavy (non-hydrogen) atoms. The summed E-state index contributed by atoms with van der Waals surface area (Å²) >= 11 is 0. The number of hydrogen-bond donors (Lipinski definition) is 1. The van der Waals surface area contributed by atoms with Gasteiger partial charge in [-0.3, -0.25) is 9.78 Å². The Labute approximate surface area is 95.1 Å². The minimum Gasteiger partial charge on any atom is -0.466 e. The van der Waals surface area contributed by atoms with Crippen molar-refractivity contribution < 1.29 is 9.53 Å². The van der Waals surface area contributed by atoms with Crippen LogP contribution in [0.25, 0.3) is 6.08 Å². The molecule has 0 bridgehead atoms. The van der Waals surface area contributed by atoms with Crippen LogP contribution in [0, 0.1) is 6.92 Å². The zero-order chi connectivity index (χ0) is 12.0. The van der Waals surface area contributed by atoms with Gasteiger partial charge in [0, 0.05) is 6.20 Å². The van der Waals surface area contributed by atoms with E-state index >= 15 is 0 Å². The molecule has 0 aliphatic rings. The van der Waals surface area contributed by atoms with E-state index in [9.17, 15) is 4.79 Å². The molecule has 1 aromatic heterocycles. The maximum absolute atomic E-state index is 11.0. The molecular formula is C12H16N2O2. The lowest BCUT2D eigenvalue weighted by Gasteiger charge is -2.00. The zero-order valence-corrected chi connectivity index (χ0v) is 9.56. The second-order valence-electron chi connectivity index (χ2n) is 3.35. The van der Waals surface area contributed by atoms with Gasteiger partial charge in [-0.1, -0.05) is 12.2 Å². The lowest BCUT2D eigenvalue weighted by Crippen LogP contribution is -2.01. The lowest BCUT2D eigenvalue weighted by molar-refractivity contribution is -0.142. The van der Waals surface area contributed by atoms with E-state index in [4.69, 9.17) is 10.5 Å². The summed E-state index contributed by atoms with van der Waals surface area (Å²) < 4.78 is 4.79. The van der Waals surface area contributed by atoms with E-state index in [1.54, 1.807) is 25.3 Å². The number of aromatic nitrogens is 1. The third-order valence-corrected chi connectivity index (χ3v) is 2.05. The predicted octanol–water partition coefficient (Wildman–Crippen LogP) is 1.94. The van der Waals surface area contributed by atoms with Gasteiger partial charge in [-0.15, -0.1) is 0 Å². The van der Waals surface area contributed by atoms with Crippen molar-refractivity contribution in [1.82, 2.24) is 4.98 Å². The van der Waals surface area contributed by atoms with E-state index < -0.39 is 0 Å². The molecule has 4 nitrogen and oxygen atoms in total. The standard InChI is InChI=1S/C12H16N2O2/c1-3-16-12(15)6-4-5-10-7-11(13)9(2)14-8-10/h4-5,7-8H,3,6,13H2,1-2H3. The molecule has 0 unspecified atom stereocenters. The summed E-state index contributed by atoms with van der Waals surface area (Å²) in [5.41, 5.74) is 8.05. The molecule has 0 saturated heterocycles. The molecule has 0 atom stereocenters. The fourth-order valence-corrected chi connectivity index (χ4v) is 1.17. The maximum Gasteiger partial charge on any atom is 0.309 e. The van der Waals surface area contributed by atoms with Crippen molar-refractivity contribution in [1.29, 1.82) is 0 Å². The molecule has 86 valence electrons. The highest BCUT2D eigenvalue weighted by molar-refractivity contribution is 5.72. The van der Waals surface area contributed by atoms with E-state index in [-0.39, 0.29) is 12.4 Å². The molecule has 1 rings (SSSR count). The van der Waals surface area contributed by atoms with Gasteiger partial charge in [-0.2, -0.15) is 0 Å². The summed E-state index contributed by atoms with van der Waals surface area (Å²) in [5.74, 6) is -0.230. The van der Waals surface area contributed by atoms with Gasteiger partial charge in [0.2, 0.25) is 0 Å². The third kappa shape index (κ3) is 3.73. The highest BCUT2D eigenvalue weighted by Crippen LogP contribution is 2.11. The van der Waals surface area contributed by atoms with Gasteiger partial charge in [-0.05, 0) is 25.5 Å². The number of ether oxygens (including phenoxy) is 1. The number of nitrogen functional groups attached to an aromatic ring is 1. The summed E-state index contributed by atoms with van der Waals surface area (Å²) in [6, 6.07) is 1.82. The summed E-state index contributed by atoms with van der Waals surface area (Å²) in [4.78, 5) is 15.2. The molecule has 0 aliphatic heterocycles. The Morgan fingerprint density at radius 3 is 3.00 bits per heavy atom. The monoisotopic (exact) mass is 220 g/mol. The van der Waals surface area contributed by atoms with E-state index in [1.807, 2.05) is 13.0 Å². The van der Waals surface area contributed by atoms with Crippen molar-refractivity contribution >= 4 is 17.7 Å². The van der Waals surface area contributed by atoms with Crippen LogP contribution in [0.4, 0.5) is 5.69 Å². The Bertz CT molecular complexity index is 400. The first kappa shape index (κ1) is 12.2. The Balaban J connectivity index is 2.56. The molecule has 0 saturated carbocycles. The minimum absolute atomic E-state index is 0.230. The Morgan fingerprint density at radius 2 is 2.38 bits per heavy atom. The largest absolute Gasteiger partial charge is 0.466 e. The number of pyridine rings is 1. The highest BCUT2D eigenvalue weighted by atomic mass is 16.5. The Hall–Kier alpha value is -1.84. The average molecular weight is 220 g/mol. The van der Waals surface area contributed by atoms with Crippen molar-refractivity contribution in [2.45, 2.75) is 20.3 Å². The molecular weight excluding hydrogens is 204 g/mol. The van der Waals surface area contributed by atoms with Gasteiger partial charge in [0.25, 0.3) is 0 Å². The van der Waals surface area contributed by atoms with Gasteiger partial charge in [-0.25, -0.2) is 0 Å². The van der Waals surface area contributed by atoms with Gasteiger partial charge < -0.3 is 10.5 Å². The van der Waals surface area contributed by atoms with Gasteiger partial charge in [0.15, 0.2) is 0 Å². The van der Waals surface area contributed by atoms with Crippen molar-refractivity contribution in [3.63, 3.8) is 0 Å². The number of carbonyl (C=O) groups is 1. The third-order valence-electron chi connectivity index (χ3n) is 2.05. The smallest absolute Gasteiger partial charge is 0.309 e. The molecule has 0 fully saturated rings. The molecule has 1 heterocycles. The van der Waals surface area contributed by atoms with Crippen molar-refractivity contribution in [2.75, 3.05) is 12.3 Å². The lowest BCUT2D eigenvalue weighted by atomic mass is 10.2. The number of esters is 1. The van der Waals surface area contributed by atoms with E-state index in [2.05, 4.69) is 4.98 Å². The van der Waals surface area contributed by atoms with Crippen molar-refractivity contribution in [3.05, 3.63) is 29.6 Å². The highest BCUT2D eigenvalue weighted by Gasteiger charge is 1.98. The van der Waals surface area contributed by atoms with Crippen LogP contribution >= 0.6 is 0 Å². The molecule has 4 heteroatoms. The van der Waals surface area contributed by atoms with Crippen LogP contribution in [0.1, 0.15) is 24.6 Å². The number of nitrogens with two attached hydrogens (primary N) is 1. The fourth-order valence-electron chi connectivity index (χ4n) is 1.17. The van der Waals surface area contributed by atoms with Crippen LogP contribution in [0.2, 0.25) is 0 Å². The second kappa shape index (κ2) is 5.90. The molecule has 0 spiro atoms. The minimum atomic E-state index is -0.230. The average Bonchev–Trinajstić information content (AvgIpc) is 2.24. The van der Waals surface area contributed by atoms with Crippen LogP contribution in [0.15, 0.2) is 18.3 Å². The first-order chi connectivity index (χ1) is 7.63. The second-order valence-corrected chi connectivity index (χ2v) is 3.35. The van der Waals surface area contributed by atoms with E-state index in [0.29, 0.717) is 12.3 Å². The molecule has 2 N–H and O–H groups in total. The van der Waals surface area contributed by atoms with Gasteiger partial charge >= 0.3 is 5.97 Å². The van der Waals surface area contributed by atoms with Crippen molar-refractivity contribution in [2.24, 2.45) is 0 Å². The number of hydrogen-bond acceptors (Lipinski definition) is 4. The van der Waals surface area contributed by atoms with Crippen LogP contribution in [-0.2, 0) is 9.53 Å². The molecule has 0 amide bonds. The topological polar surface area (TPSA) is 65.2 Å². The summed E-state index contributed by atoms with van der Waals surface area (Å²) in [6.45, 7) is 4.04. The van der Waals surface area contributed by atoms with Crippen LogP contribution in [-0.4, -0.2) is 17.6 Å². The van der Waals surface area contributed by atoms with Crippen molar-refractivity contribution in [3.8, 4) is 0 Å². The maximum atomic E-state index is 11.0. The number of aryl methyl sites for hydroxylation is 1. The normalized spacial score (nSPS) is 10.6. The number of rotatable bonds is 4. The molecule has 0 aliphatic carbocycles. The van der Waals surface area contributed by atoms with Crippen LogP contribution in [0.3, 0.4) is 0 Å². The van der Waals surface area contributed by atoms with Crippen LogP contribution < -0.4 is 5.73 Å². The first-order valence-electron chi connectivity index (χ1n) is 5.17. The number of nitrogens with zero attached hydrogens (tertiary/aromatic N) is 1. The SMILES string of the molecule is CCOC(=O)CC=Cc1cnc(C)c(N)c1. The molecule has 0 aromatic carbocycles. The first-order valence-corrected chi connectivity index (χ1v) is 5.17. The van der Waals surface area contributed by atoms with E-state index in [0.717, 1.165) is 11.3 Å². The Kier molecular flexibility index (Phi) is 4.51. The zero-order valence-electron chi connectivity index (χ0n) is 9.56. The van der Waals surface area contributed by atoms with Gasteiger partial charge in [0.1, 0.15) is 0 Å². The number of anilines is 1. The quantitative estimate of drug-likeness (QED) is 0.787. The molecule has 0 radical (unpaired) electrons.